The Kier molecular flexibility index (Phi) is 3.04. The molecule has 0 aliphatic carbocycles. The summed E-state index contributed by atoms with van der Waals surface area (Å²) >= 11 is 5.85. The third-order valence-corrected chi connectivity index (χ3v) is 3.42. The summed E-state index contributed by atoms with van der Waals surface area (Å²) in [4.78, 5) is 13.0. The third-order valence-electron chi connectivity index (χ3n) is 3.23. The number of piperazine rings is 1. The Bertz CT molecular complexity index is 380. The molecule has 0 unspecified atom stereocenters. The molecule has 0 aromatic carbocycles. The van der Waals surface area contributed by atoms with Gasteiger partial charge in [-0.25, -0.2) is 4.98 Å². The lowest BCUT2D eigenvalue weighted by atomic mass is 10.00. The monoisotopic (exact) mass is 240 g/mol. The Morgan fingerprint density at radius 1 is 1.31 bits per heavy atom. The van der Waals surface area contributed by atoms with Gasteiger partial charge in [-0.2, -0.15) is 0 Å². The van der Waals surface area contributed by atoms with Crippen molar-refractivity contribution in [2.75, 3.05) is 31.6 Å². The molecule has 1 aromatic rings. The van der Waals surface area contributed by atoms with E-state index in [0.29, 0.717) is 5.15 Å². The van der Waals surface area contributed by atoms with Crippen LogP contribution in [-0.2, 0) is 0 Å². The normalized spacial score (nSPS) is 21.1. The van der Waals surface area contributed by atoms with Gasteiger partial charge in [-0.3, -0.25) is 9.88 Å². The standard InChI is InChI=1S/C11H17ClN4/c1-11(2)8-16(5-4-15(11)3)10-7-13-6-9(12)14-10/h6-7H,4-5,8H2,1-3H3. The average molecular weight is 241 g/mol. The van der Waals surface area contributed by atoms with Crippen molar-refractivity contribution >= 4 is 17.4 Å². The molecular formula is C11H17ClN4. The lowest BCUT2D eigenvalue weighted by Gasteiger charge is -2.45. The van der Waals surface area contributed by atoms with E-state index in [1.165, 1.54) is 0 Å². The van der Waals surface area contributed by atoms with Crippen molar-refractivity contribution in [2.45, 2.75) is 19.4 Å². The SMILES string of the molecule is CN1CCN(c2cncc(Cl)n2)CC1(C)C. The molecule has 88 valence electrons. The molecule has 1 aliphatic rings. The van der Waals surface area contributed by atoms with Crippen molar-refractivity contribution < 1.29 is 0 Å². The number of rotatable bonds is 1. The van der Waals surface area contributed by atoms with Crippen LogP contribution in [0.4, 0.5) is 5.82 Å². The van der Waals surface area contributed by atoms with E-state index in [2.05, 4.69) is 40.7 Å². The lowest BCUT2D eigenvalue weighted by Crippen LogP contribution is -2.57. The highest BCUT2D eigenvalue weighted by atomic mass is 35.5. The summed E-state index contributed by atoms with van der Waals surface area (Å²) in [6.07, 6.45) is 3.33. The molecular weight excluding hydrogens is 224 g/mol. The molecule has 1 saturated heterocycles. The number of halogens is 1. The predicted molar refractivity (Wildman–Crippen MR) is 66.0 cm³/mol. The minimum absolute atomic E-state index is 0.155. The van der Waals surface area contributed by atoms with Crippen LogP contribution in [0.2, 0.25) is 5.15 Å². The highest BCUT2D eigenvalue weighted by Gasteiger charge is 2.31. The maximum absolute atomic E-state index is 5.85. The number of hydrogen-bond donors (Lipinski definition) is 0. The zero-order valence-electron chi connectivity index (χ0n) is 9.94. The van der Waals surface area contributed by atoms with Crippen LogP contribution in [0.25, 0.3) is 0 Å². The molecule has 0 N–H and O–H groups in total. The van der Waals surface area contributed by atoms with Gasteiger partial charge < -0.3 is 4.90 Å². The van der Waals surface area contributed by atoms with Crippen molar-refractivity contribution in [1.82, 2.24) is 14.9 Å². The fourth-order valence-electron chi connectivity index (χ4n) is 1.92. The van der Waals surface area contributed by atoms with E-state index in [0.717, 1.165) is 25.5 Å². The van der Waals surface area contributed by atoms with Crippen LogP contribution in [0, 0.1) is 0 Å². The van der Waals surface area contributed by atoms with Gasteiger partial charge in [0, 0.05) is 25.2 Å². The zero-order valence-corrected chi connectivity index (χ0v) is 10.7. The minimum atomic E-state index is 0.155. The van der Waals surface area contributed by atoms with Crippen molar-refractivity contribution in [3.05, 3.63) is 17.5 Å². The fourth-order valence-corrected chi connectivity index (χ4v) is 2.06. The number of anilines is 1. The molecule has 0 amide bonds. The van der Waals surface area contributed by atoms with Gasteiger partial charge in [-0.15, -0.1) is 0 Å². The summed E-state index contributed by atoms with van der Waals surface area (Å²) in [5.41, 5.74) is 0.155. The van der Waals surface area contributed by atoms with Crippen LogP contribution in [0.3, 0.4) is 0 Å². The first-order valence-electron chi connectivity index (χ1n) is 5.43. The molecule has 0 atom stereocenters. The van der Waals surface area contributed by atoms with E-state index in [9.17, 15) is 0 Å². The van der Waals surface area contributed by atoms with E-state index in [1.807, 2.05) is 0 Å². The molecule has 16 heavy (non-hydrogen) atoms. The van der Waals surface area contributed by atoms with Gasteiger partial charge in [0.1, 0.15) is 11.0 Å². The van der Waals surface area contributed by atoms with E-state index < -0.39 is 0 Å². The second-order valence-electron chi connectivity index (χ2n) is 4.86. The first-order valence-corrected chi connectivity index (χ1v) is 5.80. The smallest absolute Gasteiger partial charge is 0.149 e. The molecule has 0 spiro atoms. The summed E-state index contributed by atoms with van der Waals surface area (Å²) in [6, 6.07) is 0. The average Bonchev–Trinajstić information content (AvgIpc) is 2.22. The van der Waals surface area contributed by atoms with Crippen molar-refractivity contribution in [1.29, 1.82) is 0 Å². The highest BCUT2D eigenvalue weighted by Crippen LogP contribution is 2.23. The first-order chi connectivity index (χ1) is 7.49. The number of nitrogens with zero attached hydrogens (tertiary/aromatic N) is 4. The van der Waals surface area contributed by atoms with Gasteiger partial charge >= 0.3 is 0 Å². The minimum Gasteiger partial charge on any atom is -0.352 e. The van der Waals surface area contributed by atoms with E-state index in [4.69, 9.17) is 11.6 Å². The third kappa shape index (κ3) is 2.28. The largest absolute Gasteiger partial charge is 0.352 e. The summed E-state index contributed by atoms with van der Waals surface area (Å²) < 4.78 is 0. The Morgan fingerprint density at radius 3 is 2.69 bits per heavy atom. The summed E-state index contributed by atoms with van der Waals surface area (Å²) in [5, 5.41) is 0.453. The number of hydrogen-bond acceptors (Lipinski definition) is 4. The maximum atomic E-state index is 5.85. The Hall–Kier alpha value is -0.870. The second kappa shape index (κ2) is 4.18. The maximum Gasteiger partial charge on any atom is 0.149 e. The fraction of sp³-hybridized carbons (Fsp3) is 0.636. The van der Waals surface area contributed by atoms with Gasteiger partial charge in [0.05, 0.1) is 12.4 Å². The summed E-state index contributed by atoms with van der Waals surface area (Å²) in [6.45, 7) is 7.41. The topological polar surface area (TPSA) is 32.3 Å². The van der Waals surface area contributed by atoms with Crippen molar-refractivity contribution in [3.63, 3.8) is 0 Å². The Balaban J connectivity index is 2.18. The van der Waals surface area contributed by atoms with Crippen LogP contribution < -0.4 is 4.90 Å². The van der Waals surface area contributed by atoms with Crippen molar-refractivity contribution in [2.24, 2.45) is 0 Å². The molecule has 0 radical (unpaired) electrons. The first kappa shape index (κ1) is 11.6. The van der Waals surface area contributed by atoms with Crippen LogP contribution in [0.1, 0.15) is 13.8 Å². The van der Waals surface area contributed by atoms with E-state index in [-0.39, 0.29) is 5.54 Å². The molecule has 2 rings (SSSR count). The molecule has 0 saturated carbocycles. The predicted octanol–water partition coefficient (Wildman–Crippen LogP) is 1.66. The van der Waals surface area contributed by atoms with Gasteiger partial charge in [0.15, 0.2) is 0 Å². The molecule has 1 fully saturated rings. The van der Waals surface area contributed by atoms with Gasteiger partial charge in [0.2, 0.25) is 0 Å². The molecule has 2 heterocycles. The Morgan fingerprint density at radius 2 is 2.06 bits per heavy atom. The van der Waals surface area contributed by atoms with Gasteiger partial charge in [0.25, 0.3) is 0 Å². The number of likely N-dealkylation sites (N-methyl/N-ethyl adjacent to an activating group) is 1. The quantitative estimate of drug-likeness (QED) is 0.748. The summed E-state index contributed by atoms with van der Waals surface area (Å²) in [5.74, 6) is 0.869. The summed E-state index contributed by atoms with van der Waals surface area (Å²) in [7, 11) is 2.15. The lowest BCUT2D eigenvalue weighted by molar-refractivity contribution is 0.138. The molecule has 1 aliphatic heterocycles. The molecule has 5 heteroatoms. The Labute approximate surface area is 101 Å². The van der Waals surface area contributed by atoms with Gasteiger partial charge in [-0.05, 0) is 20.9 Å². The highest BCUT2D eigenvalue weighted by molar-refractivity contribution is 6.29. The molecule has 0 bridgehead atoms. The van der Waals surface area contributed by atoms with Crippen LogP contribution in [0.15, 0.2) is 12.4 Å². The van der Waals surface area contributed by atoms with E-state index in [1.54, 1.807) is 12.4 Å². The van der Waals surface area contributed by atoms with Gasteiger partial charge in [-0.1, -0.05) is 11.6 Å². The van der Waals surface area contributed by atoms with Crippen LogP contribution >= 0.6 is 11.6 Å². The number of aromatic nitrogens is 2. The van der Waals surface area contributed by atoms with E-state index >= 15 is 0 Å². The van der Waals surface area contributed by atoms with Crippen LogP contribution in [-0.4, -0.2) is 47.1 Å². The van der Waals surface area contributed by atoms with Crippen LogP contribution in [0.5, 0.6) is 0 Å². The van der Waals surface area contributed by atoms with Crippen molar-refractivity contribution in [3.8, 4) is 0 Å². The second-order valence-corrected chi connectivity index (χ2v) is 5.24. The molecule has 4 nitrogen and oxygen atoms in total. The zero-order chi connectivity index (χ0) is 11.8. The molecule has 1 aromatic heterocycles.